The average Bonchev–Trinajstić information content (AvgIpc) is 1.60. The highest BCUT2D eigenvalue weighted by Crippen LogP contribution is 2.51. The molecule has 30 nitrogen and oxygen atoms in total. The molecular formula is C105H122N8O22. The highest BCUT2D eigenvalue weighted by molar-refractivity contribution is 6.11. The number of ether oxygens (including phenoxy) is 13. The van der Waals surface area contributed by atoms with Crippen molar-refractivity contribution < 1.29 is 104 Å². The minimum absolute atomic E-state index is 0.0760. The van der Waals surface area contributed by atoms with Gasteiger partial charge in [-0.2, -0.15) is 0 Å². The second kappa shape index (κ2) is 47.5. The minimum atomic E-state index is -0.464. The first kappa shape index (κ1) is 98.4. The van der Waals surface area contributed by atoms with Gasteiger partial charge in [0.05, 0.1) is 122 Å². The lowest BCUT2D eigenvalue weighted by Gasteiger charge is -2.32. The summed E-state index contributed by atoms with van der Waals surface area (Å²) in [5, 5.41) is 11.9. The van der Waals surface area contributed by atoms with Crippen molar-refractivity contribution in [3.05, 3.63) is 230 Å². The molecule has 4 N–H and O–H groups in total. The summed E-state index contributed by atoms with van der Waals surface area (Å²) in [6, 6.07) is 39.8. The summed E-state index contributed by atoms with van der Waals surface area (Å²) in [5.74, 6) is 6.85. The maximum atomic E-state index is 13.0. The van der Waals surface area contributed by atoms with Crippen LogP contribution in [0.25, 0.3) is 51.7 Å². The number of benzene rings is 6. The number of nitrogens with one attached hydrogen (secondary N) is 4. The van der Waals surface area contributed by atoms with Gasteiger partial charge >= 0.3 is 5.97 Å². The molecule has 3 aromatic heterocycles. The first-order valence-corrected chi connectivity index (χ1v) is 45.2. The zero-order chi connectivity index (χ0) is 95.6. The molecule has 0 atom stereocenters. The standard InChI is InChI=1S/C36H43N3O8.C35H40N2O7.C34H39N3O7/c1-24-29(28-9-8-26(42-3)20-31(28)30(24)21-34(40)37-22-27-7-6-15-45-27)17-25-18-32(43-4)36(33(19-25)44-5)47-23-35(41)46-16-14-39-12-10-38(2)11-13-39;1-22-28(27-13-12-25(40-2)18-30(27)29(22)19-33(38)36-20-26-11-8-14-43-26)15-23-16-31(41-3)35(32(17-23)42-4)44-21-34(39)37-24-9-6-5-7-10-24;1-22-27(26-9-8-24(40-3)18-29(26)28(22)19-32(38)35-20-25-7-6-14-43-25)15-23-16-30(41-4)34(31(17-23)42-5)44-21-33(39)37-12-10-36(2)11-13-37/h6-9,15,17-20H,10-14,16,21-23H2,1-5H3,(H,37,40);8,11-18,24H,5-7,9-10,19-21H2,1-4H3,(H,36,38)(H,37,39);6-9,14-18H,10-13,19-21H2,1-5H3,(H,35,38)/b29-17-;28-15-;27-15-. The van der Waals surface area contributed by atoms with E-state index in [-0.39, 0.29) is 74.7 Å². The van der Waals surface area contributed by atoms with E-state index in [0.717, 1.165) is 165 Å². The molecule has 3 fully saturated rings. The summed E-state index contributed by atoms with van der Waals surface area (Å²) in [5.41, 5.74) is 16.8. The van der Waals surface area contributed by atoms with Crippen LogP contribution < -0.4 is 78.1 Å². The Morgan fingerprint density at radius 1 is 0.385 bits per heavy atom. The highest BCUT2D eigenvalue weighted by Gasteiger charge is 2.33. The number of hydrogen-bond donors (Lipinski definition) is 4. The van der Waals surface area contributed by atoms with Crippen LogP contribution in [-0.2, 0) is 53.1 Å². The fourth-order valence-corrected chi connectivity index (χ4v) is 17.2. The number of allylic oxidation sites excluding steroid dienone is 6. The van der Waals surface area contributed by atoms with Crippen LogP contribution in [-0.4, -0.2) is 225 Å². The third-order valence-electron chi connectivity index (χ3n) is 24.7. The van der Waals surface area contributed by atoms with Gasteiger partial charge in [-0.3, -0.25) is 28.9 Å². The molecule has 30 heteroatoms. The lowest BCUT2D eigenvalue weighted by molar-refractivity contribution is -0.146. The van der Waals surface area contributed by atoms with Crippen LogP contribution in [0.4, 0.5) is 0 Å². The fraction of sp³-hybridized carbons (Fsp3) is 0.371. The molecule has 9 aromatic rings. The van der Waals surface area contributed by atoms with E-state index in [1.165, 1.54) is 20.6 Å². The maximum Gasteiger partial charge on any atom is 0.344 e. The molecule has 135 heavy (non-hydrogen) atoms. The maximum absolute atomic E-state index is 13.0. The van der Waals surface area contributed by atoms with E-state index in [1.807, 2.05) is 160 Å². The highest BCUT2D eigenvalue weighted by atomic mass is 16.6. The predicted molar refractivity (Wildman–Crippen MR) is 515 cm³/mol. The molecule has 6 aromatic carbocycles. The van der Waals surface area contributed by atoms with Gasteiger partial charge in [-0.15, -0.1) is 0 Å². The van der Waals surface area contributed by atoms with Crippen molar-refractivity contribution in [1.82, 2.24) is 40.9 Å². The molecule has 0 bridgehead atoms. The lowest BCUT2D eigenvalue weighted by atomic mass is 9.95. The summed E-state index contributed by atoms with van der Waals surface area (Å²) < 4.78 is 89.8. The Morgan fingerprint density at radius 3 is 1.06 bits per heavy atom. The number of esters is 1. The molecule has 5 amide bonds. The number of piperazine rings is 2. The van der Waals surface area contributed by atoms with E-state index in [0.29, 0.717) is 132 Å². The Kier molecular flexibility index (Phi) is 34.6. The summed E-state index contributed by atoms with van der Waals surface area (Å²) in [4.78, 5) is 85.5. The van der Waals surface area contributed by atoms with Crippen LogP contribution >= 0.6 is 0 Å². The smallest absolute Gasteiger partial charge is 0.344 e. The van der Waals surface area contributed by atoms with Crippen LogP contribution in [0.3, 0.4) is 0 Å². The number of carbonyl (C=O) groups is 6. The topological polar surface area (TPSA) is 323 Å². The quantitative estimate of drug-likeness (QED) is 0.0263. The van der Waals surface area contributed by atoms with E-state index in [1.54, 1.807) is 86.8 Å². The van der Waals surface area contributed by atoms with Crippen LogP contribution in [0.15, 0.2) is 176 Å². The predicted octanol–water partition coefficient (Wildman–Crippen LogP) is 15.2. The average molecular weight is 1850 g/mol. The van der Waals surface area contributed by atoms with Gasteiger partial charge in [0.1, 0.15) is 41.1 Å². The molecule has 0 unspecified atom stereocenters. The molecule has 1 saturated carbocycles. The zero-order valence-electron chi connectivity index (χ0n) is 79.4. The Balaban J connectivity index is 0.000000172. The Hall–Kier alpha value is -14.1. The fourth-order valence-electron chi connectivity index (χ4n) is 17.2. The lowest BCUT2D eigenvalue weighted by Crippen LogP contribution is -2.48. The third kappa shape index (κ3) is 25.5. The number of amides is 5. The van der Waals surface area contributed by atoms with Crippen molar-refractivity contribution in [1.29, 1.82) is 0 Å². The normalized spacial score (nSPS) is 15.7. The molecule has 5 heterocycles. The monoisotopic (exact) mass is 1850 g/mol. The zero-order valence-corrected chi connectivity index (χ0v) is 79.4. The molecular weight excluding hydrogens is 1730 g/mol. The first-order valence-electron chi connectivity index (χ1n) is 45.2. The second-order valence-corrected chi connectivity index (χ2v) is 33.4. The summed E-state index contributed by atoms with van der Waals surface area (Å²) in [6.45, 7) is 14.4. The number of hydrogen-bond acceptors (Lipinski definition) is 25. The third-order valence-corrected chi connectivity index (χ3v) is 24.7. The molecule has 714 valence electrons. The minimum Gasteiger partial charge on any atom is -0.497 e. The van der Waals surface area contributed by atoms with E-state index < -0.39 is 5.97 Å². The molecule has 4 aliphatic carbocycles. The van der Waals surface area contributed by atoms with Gasteiger partial charge < -0.3 is 111 Å². The number of nitrogens with zero attached hydrogens (tertiary/aromatic N) is 4. The molecule has 6 aliphatic rings. The summed E-state index contributed by atoms with van der Waals surface area (Å²) in [6.07, 6.45) is 16.9. The van der Waals surface area contributed by atoms with Gasteiger partial charge in [-0.1, -0.05) is 37.5 Å². The van der Waals surface area contributed by atoms with Crippen molar-refractivity contribution in [3.8, 4) is 69.0 Å². The molecule has 0 spiro atoms. The van der Waals surface area contributed by atoms with E-state index >= 15 is 0 Å². The van der Waals surface area contributed by atoms with Crippen molar-refractivity contribution in [2.75, 3.05) is 163 Å². The van der Waals surface area contributed by atoms with Crippen molar-refractivity contribution in [2.45, 2.75) is 97.8 Å². The Morgan fingerprint density at radius 2 is 0.726 bits per heavy atom. The van der Waals surface area contributed by atoms with Gasteiger partial charge in [0.15, 0.2) is 54.3 Å². The molecule has 15 rings (SSSR count). The number of likely N-dealkylation sites (N-methyl/N-ethyl adjacent to an activating group) is 2. The molecule has 2 aliphatic heterocycles. The van der Waals surface area contributed by atoms with Crippen LogP contribution in [0.2, 0.25) is 0 Å². The van der Waals surface area contributed by atoms with Gasteiger partial charge in [0.25, 0.3) is 11.8 Å². The first-order chi connectivity index (χ1) is 65.5. The van der Waals surface area contributed by atoms with E-state index in [9.17, 15) is 28.8 Å². The van der Waals surface area contributed by atoms with Gasteiger partial charge in [0, 0.05) is 64.9 Å². The van der Waals surface area contributed by atoms with Crippen LogP contribution in [0.1, 0.15) is 139 Å². The van der Waals surface area contributed by atoms with Crippen LogP contribution in [0.5, 0.6) is 69.0 Å². The van der Waals surface area contributed by atoms with Crippen molar-refractivity contribution in [2.24, 2.45) is 0 Å². The number of furan rings is 3. The van der Waals surface area contributed by atoms with Crippen molar-refractivity contribution in [3.63, 3.8) is 0 Å². The SMILES string of the molecule is COc1ccc2c(c1)C(CC(=O)NCc1ccco1)=C(C)/C2=C/c1cc(OC)c(OCC(=O)N2CCN(C)CC2)c(OC)c1.COc1ccc2c(c1)C(CC(=O)NCc1ccco1)=C(C)/C2=C/c1cc(OC)c(OCC(=O)NC2CCCCC2)c(OC)c1.COc1ccc2c(c1)C(CC(=O)NCc1ccco1)=C(C)/C2=C/c1cc(OC)c(OCC(=O)OCCN2CCN(C)CC2)c(OC)c1. The Labute approximate surface area is 788 Å². The number of rotatable bonds is 37. The molecule has 2 saturated heterocycles. The summed E-state index contributed by atoms with van der Waals surface area (Å²) in [7, 11) is 18.3. The van der Waals surface area contributed by atoms with Crippen LogP contribution in [0, 0.1) is 0 Å². The number of carbonyl (C=O) groups excluding carboxylic acids is 6. The summed E-state index contributed by atoms with van der Waals surface area (Å²) >= 11 is 0. The van der Waals surface area contributed by atoms with E-state index in [4.69, 9.17) is 74.8 Å². The van der Waals surface area contributed by atoms with Gasteiger partial charge in [0.2, 0.25) is 35.0 Å². The van der Waals surface area contributed by atoms with Gasteiger partial charge in [-0.05, 0) is 275 Å². The molecule has 0 radical (unpaired) electrons. The second-order valence-electron chi connectivity index (χ2n) is 33.4. The largest absolute Gasteiger partial charge is 0.497 e. The van der Waals surface area contributed by atoms with Crippen molar-refractivity contribution >= 4 is 87.2 Å². The number of methoxy groups -OCH3 is 9. The van der Waals surface area contributed by atoms with E-state index in [2.05, 4.69) is 43.0 Å². The Bertz CT molecular complexity index is 5790. The number of fused-ring (bicyclic) bond motifs is 3. The van der Waals surface area contributed by atoms with Gasteiger partial charge in [-0.25, -0.2) is 4.79 Å².